The van der Waals surface area contributed by atoms with Gasteiger partial charge in [-0.25, -0.2) is 0 Å². The van der Waals surface area contributed by atoms with Crippen LogP contribution in [0.2, 0.25) is 0 Å². The Bertz CT molecular complexity index is 608. The summed E-state index contributed by atoms with van der Waals surface area (Å²) in [7, 11) is 0. The molecule has 106 valence electrons. The molecular weight excluding hydrogens is 272 g/mol. The fourth-order valence-corrected chi connectivity index (χ4v) is 3.30. The Hall–Kier alpha value is -1.56. The van der Waals surface area contributed by atoms with Gasteiger partial charge in [0.25, 0.3) is 0 Å². The number of nitrogens with zero attached hydrogens (tertiary/aromatic N) is 4. The molecule has 0 aromatic carbocycles. The Morgan fingerprint density at radius 3 is 2.80 bits per heavy atom. The van der Waals surface area contributed by atoms with Crippen LogP contribution in [0.4, 0.5) is 0 Å². The van der Waals surface area contributed by atoms with Gasteiger partial charge < -0.3 is 9.09 Å². The van der Waals surface area contributed by atoms with Crippen LogP contribution < -0.4 is 0 Å². The van der Waals surface area contributed by atoms with Crippen LogP contribution in [-0.4, -0.2) is 19.9 Å². The summed E-state index contributed by atoms with van der Waals surface area (Å²) in [5.74, 6) is 3.38. The lowest BCUT2D eigenvalue weighted by Gasteiger charge is -2.06. The van der Waals surface area contributed by atoms with Gasteiger partial charge >= 0.3 is 0 Å². The van der Waals surface area contributed by atoms with Gasteiger partial charge in [0, 0.05) is 23.8 Å². The summed E-state index contributed by atoms with van der Waals surface area (Å²) in [6.45, 7) is 8.50. The van der Waals surface area contributed by atoms with E-state index in [0.29, 0.717) is 5.92 Å². The van der Waals surface area contributed by atoms with E-state index in [1.807, 2.05) is 19.9 Å². The van der Waals surface area contributed by atoms with Gasteiger partial charge in [0.2, 0.25) is 0 Å². The predicted octanol–water partition coefficient (Wildman–Crippen LogP) is 3.24. The highest BCUT2D eigenvalue weighted by Gasteiger charge is 2.30. The van der Waals surface area contributed by atoms with Crippen molar-refractivity contribution in [1.29, 1.82) is 0 Å². The van der Waals surface area contributed by atoms with Crippen molar-refractivity contribution >= 4 is 11.8 Å². The van der Waals surface area contributed by atoms with Crippen LogP contribution in [0.25, 0.3) is 0 Å². The molecule has 0 bridgehead atoms. The first-order chi connectivity index (χ1) is 9.70. The van der Waals surface area contributed by atoms with Gasteiger partial charge in [-0.15, -0.1) is 16.8 Å². The number of thioether (sulfide) groups is 1. The SMILES string of the molecule is C=CCn1c(SCc2c(C)noc2C)nnc1C1CC1. The Balaban J connectivity index is 1.78. The summed E-state index contributed by atoms with van der Waals surface area (Å²) < 4.78 is 7.37. The van der Waals surface area contributed by atoms with E-state index in [0.717, 1.165) is 40.3 Å². The van der Waals surface area contributed by atoms with Crippen molar-refractivity contribution in [1.82, 2.24) is 19.9 Å². The van der Waals surface area contributed by atoms with E-state index >= 15 is 0 Å². The Morgan fingerprint density at radius 1 is 1.40 bits per heavy atom. The molecule has 0 atom stereocenters. The molecule has 3 rings (SSSR count). The van der Waals surface area contributed by atoms with Crippen LogP contribution in [0.5, 0.6) is 0 Å². The quantitative estimate of drug-likeness (QED) is 0.604. The summed E-state index contributed by atoms with van der Waals surface area (Å²) >= 11 is 1.68. The van der Waals surface area contributed by atoms with E-state index < -0.39 is 0 Å². The standard InChI is InChI=1S/C14H18N4OS/c1-4-7-18-13(11-5-6-11)15-16-14(18)20-8-12-9(2)17-19-10(12)3/h4,11H,1,5-8H2,2-3H3. The van der Waals surface area contributed by atoms with E-state index in [-0.39, 0.29) is 0 Å². The third-order valence-electron chi connectivity index (χ3n) is 3.53. The van der Waals surface area contributed by atoms with Crippen molar-refractivity contribution in [2.24, 2.45) is 0 Å². The van der Waals surface area contributed by atoms with Crippen LogP contribution in [0, 0.1) is 13.8 Å². The van der Waals surface area contributed by atoms with Crippen LogP contribution >= 0.6 is 11.8 Å². The predicted molar refractivity (Wildman–Crippen MR) is 77.7 cm³/mol. The number of hydrogen-bond acceptors (Lipinski definition) is 5. The number of allylic oxidation sites excluding steroid dienone is 1. The molecule has 0 N–H and O–H groups in total. The van der Waals surface area contributed by atoms with E-state index in [4.69, 9.17) is 4.52 Å². The minimum absolute atomic E-state index is 0.593. The van der Waals surface area contributed by atoms with Crippen molar-refractivity contribution in [3.63, 3.8) is 0 Å². The molecule has 5 nitrogen and oxygen atoms in total. The normalized spacial score (nSPS) is 14.7. The highest BCUT2D eigenvalue weighted by molar-refractivity contribution is 7.98. The van der Waals surface area contributed by atoms with Crippen molar-refractivity contribution in [3.05, 3.63) is 35.5 Å². The molecular formula is C14H18N4OS. The largest absolute Gasteiger partial charge is 0.361 e. The molecule has 0 unspecified atom stereocenters. The van der Waals surface area contributed by atoms with E-state index in [2.05, 4.69) is 26.5 Å². The lowest BCUT2D eigenvalue weighted by molar-refractivity contribution is 0.392. The van der Waals surface area contributed by atoms with E-state index in [1.54, 1.807) is 11.8 Å². The third-order valence-corrected chi connectivity index (χ3v) is 4.52. The van der Waals surface area contributed by atoms with Crippen LogP contribution in [0.15, 0.2) is 22.3 Å². The zero-order chi connectivity index (χ0) is 14.1. The second kappa shape index (κ2) is 5.44. The molecule has 2 heterocycles. The Labute approximate surface area is 122 Å². The monoisotopic (exact) mass is 290 g/mol. The van der Waals surface area contributed by atoms with Crippen molar-refractivity contribution in [2.45, 2.75) is 50.1 Å². The maximum absolute atomic E-state index is 5.19. The summed E-state index contributed by atoms with van der Waals surface area (Å²) in [4.78, 5) is 0. The molecule has 1 fully saturated rings. The highest BCUT2D eigenvalue weighted by Crippen LogP contribution is 2.40. The lowest BCUT2D eigenvalue weighted by atomic mass is 10.2. The average Bonchev–Trinajstić information content (AvgIpc) is 3.13. The maximum atomic E-state index is 5.19. The number of aryl methyl sites for hydroxylation is 2. The summed E-state index contributed by atoms with van der Waals surface area (Å²) in [6.07, 6.45) is 4.35. The number of aromatic nitrogens is 4. The van der Waals surface area contributed by atoms with E-state index in [1.165, 1.54) is 12.8 Å². The topological polar surface area (TPSA) is 56.7 Å². The van der Waals surface area contributed by atoms with Gasteiger partial charge in [0.15, 0.2) is 5.16 Å². The minimum atomic E-state index is 0.593. The third kappa shape index (κ3) is 2.52. The van der Waals surface area contributed by atoms with Crippen LogP contribution in [0.1, 0.15) is 41.6 Å². The lowest BCUT2D eigenvalue weighted by Crippen LogP contribution is -2.02. The van der Waals surface area contributed by atoms with Gasteiger partial charge in [-0.3, -0.25) is 0 Å². The maximum Gasteiger partial charge on any atom is 0.191 e. The second-order valence-corrected chi connectivity index (χ2v) is 6.05. The van der Waals surface area contributed by atoms with Crippen LogP contribution in [-0.2, 0) is 12.3 Å². The second-order valence-electron chi connectivity index (χ2n) is 5.11. The molecule has 1 aliphatic rings. The van der Waals surface area contributed by atoms with Crippen LogP contribution in [0.3, 0.4) is 0 Å². The number of hydrogen-bond donors (Lipinski definition) is 0. The van der Waals surface area contributed by atoms with Crippen molar-refractivity contribution in [3.8, 4) is 0 Å². The molecule has 0 radical (unpaired) electrons. The molecule has 2 aromatic heterocycles. The highest BCUT2D eigenvalue weighted by atomic mass is 32.2. The van der Waals surface area contributed by atoms with Crippen molar-refractivity contribution in [2.75, 3.05) is 0 Å². The first-order valence-corrected chi connectivity index (χ1v) is 7.77. The van der Waals surface area contributed by atoms with Gasteiger partial charge in [0.05, 0.1) is 5.69 Å². The first kappa shape index (κ1) is 13.4. The molecule has 0 spiro atoms. The molecule has 2 aromatic rings. The molecule has 20 heavy (non-hydrogen) atoms. The molecule has 1 aliphatic carbocycles. The zero-order valence-corrected chi connectivity index (χ0v) is 12.6. The first-order valence-electron chi connectivity index (χ1n) is 6.79. The minimum Gasteiger partial charge on any atom is -0.361 e. The Kier molecular flexibility index (Phi) is 3.65. The summed E-state index contributed by atoms with van der Waals surface area (Å²) in [5.41, 5.74) is 2.10. The molecule has 0 aliphatic heterocycles. The number of rotatable bonds is 6. The van der Waals surface area contributed by atoms with Gasteiger partial charge in [-0.2, -0.15) is 0 Å². The molecule has 1 saturated carbocycles. The van der Waals surface area contributed by atoms with Gasteiger partial charge in [0.1, 0.15) is 11.6 Å². The smallest absolute Gasteiger partial charge is 0.191 e. The fourth-order valence-electron chi connectivity index (χ4n) is 2.20. The molecule has 0 saturated heterocycles. The average molecular weight is 290 g/mol. The summed E-state index contributed by atoms with van der Waals surface area (Å²) in [6, 6.07) is 0. The Morgan fingerprint density at radius 2 is 2.20 bits per heavy atom. The molecule has 6 heteroatoms. The fraction of sp³-hybridized carbons (Fsp3) is 0.500. The van der Waals surface area contributed by atoms with Gasteiger partial charge in [-0.1, -0.05) is 23.0 Å². The molecule has 0 amide bonds. The van der Waals surface area contributed by atoms with Crippen molar-refractivity contribution < 1.29 is 4.52 Å². The summed E-state index contributed by atoms with van der Waals surface area (Å²) in [5, 5.41) is 13.6. The van der Waals surface area contributed by atoms with E-state index in [9.17, 15) is 0 Å². The zero-order valence-electron chi connectivity index (χ0n) is 11.8. The van der Waals surface area contributed by atoms with Gasteiger partial charge in [-0.05, 0) is 26.7 Å².